The highest BCUT2D eigenvalue weighted by Gasteiger charge is 2.39. The molecule has 0 rings (SSSR count). The Bertz CT molecular complexity index is 150. The van der Waals surface area contributed by atoms with Gasteiger partial charge in [-0.15, -0.1) is 0 Å². The maximum atomic E-state index is 12.3. The van der Waals surface area contributed by atoms with E-state index in [1.807, 2.05) is 0 Å². The lowest BCUT2D eigenvalue weighted by Gasteiger charge is -2.15. The lowest BCUT2D eigenvalue weighted by Crippen LogP contribution is -2.39. The van der Waals surface area contributed by atoms with Crippen molar-refractivity contribution in [2.24, 2.45) is 5.73 Å². The van der Waals surface area contributed by atoms with Gasteiger partial charge in [0.25, 0.3) is 0 Å². The van der Waals surface area contributed by atoms with Crippen LogP contribution >= 0.6 is 0 Å². The predicted molar refractivity (Wildman–Crippen MR) is 46.7 cm³/mol. The van der Waals surface area contributed by atoms with E-state index < -0.39 is 18.9 Å². The van der Waals surface area contributed by atoms with Crippen LogP contribution in [0, 0.1) is 0 Å². The van der Waals surface area contributed by atoms with Crippen LogP contribution in [-0.2, 0) is 0 Å². The van der Waals surface area contributed by atoms with Crippen LogP contribution in [0.5, 0.6) is 0 Å². The van der Waals surface area contributed by atoms with Gasteiger partial charge in [-0.2, -0.15) is 8.78 Å². The van der Waals surface area contributed by atoms with Gasteiger partial charge in [-0.3, -0.25) is 0 Å². The van der Waals surface area contributed by atoms with Crippen molar-refractivity contribution < 1.29 is 17.6 Å². The second-order valence-corrected chi connectivity index (χ2v) is 3.36. The number of halogens is 4. The number of nitrogens with one attached hydrogen (secondary N) is 1. The Labute approximate surface area is 80.8 Å². The first-order valence-corrected chi connectivity index (χ1v) is 4.48. The van der Waals surface area contributed by atoms with E-state index in [-0.39, 0.29) is 12.6 Å². The van der Waals surface area contributed by atoms with Gasteiger partial charge >= 0.3 is 12.3 Å². The first-order chi connectivity index (χ1) is 6.36. The van der Waals surface area contributed by atoms with Crippen LogP contribution < -0.4 is 11.1 Å². The molecule has 0 bridgehead atoms. The Morgan fingerprint density at radius 1 is 1.36 bits per heavy atom. The molecule has 0 aromatic rings. The summed E-state index contributed by atoms with van der Waals surface area (Å²) >= 11 is 0. The third kappa shape index (κ3) is 6.15. The number of hydrogen-bond acceptors (Lipinski definition) is 2. The minimum Gasteiger partial charge on any atom is -0.328 e. The zero-order valence-electron chi connectivity index (χ0n) is 8.07. The average Bonchev–Trinajstić information content (AvgIpc) is 2.02. The Kier molecular flexibility index (Phi) is 6.03. The Balaban J connectivity index is 3.45. The first-order valence-electron chi connectivity index (χ1n) is 4.48. The molecule has 0 spiro atoms. The lowest BCUT2D eigenvalue weighted by atomic mass is 10.2. The number of rotatable bonds is 7. The van der Waals surface area contributed by atoms with Gasteiger partial charge in [0.1, 0.15) is 0 Å². The van der Waals surface area contributed by atoms with E-state index in [2.05, 4.69) is 5.32 Å². The predicted octanol–water partition coefficient (Wildman–Crippen LogP) is 1.60. The molecule has 86 valence electrons. The molecule has 1 unspecified atom stereocenters. The summed E-state index contributed by atoms with van der Waals surface area (Å²) in [6, 6.07) is 0.00686. The molecule has 0 aromatic heterocycles. The molecule has 14 heavy (non-hydrogen) atoms. The molecule has 0 aliphatic heterocycles. The smallest absolute Gasteiger partial charge is 0.319 e. The standard InChI is InChI=1S/C8H16F4N2/c1-6(13)3-2-4-14-5-8(11,12)7(9)10/h6-7,14H,2-5,13H2,1H3. The van der Waals surface area contributed by atoms with Crippen LogP contribution in [0.3, 0.4) is 0 Å². The highest BCUT2D eigenvalue weighted by atomic mass is 19.3. The second-order valence-electron chi connectivity index (χ2n) is 3.36. The van der Waals surface area contributed by atoms with E-state index in [4.69, 9.17) is 5.73 Å². The van der Waals surface area contributed by atoms with Gasteiger partial charge < -0.3 is 11.1 Å². The summed E-state index contributed by atoms with van der Waals surface area (Å²) in [5.74, 6) is -3.94. The van der Waals surface area contributed by atoms with Gasteiger partial charge in [0.05, 0.1) is 6.54 Å². The maximum absolute atomic E-state index is 12.3. The Morgan fingerprint density at radius 3 is 2.36 bits per heavy atom. The summed E-state index contributed by atoms with van der Waals surface area (Å²) in [6.07, 6.45) is -2.31. The second kappa shape index (κ2) is 6.19. The topological polar surface area (TPSA) is 38.0 Å². The monoisotopic (exact) mass is 216 g/mol. The summed E-state index contributed by atoms with van der Waals surface area (Å²) in [5, 5.41) is 2.28. The Hall–Kier alpha value is -0.360. The van der Waals surface area contributed by atoms with Crippen LogP contribution in [0.2, 0.25) is 0 Å². The maximum Gasteiger partial charge on any atom is 0.319 e. The molecular formula is C8H16F4N2. The van der Waals surface area contributed by atoms with Gasteiger partial charge in [0, 0.05) is 6.04 Å². The highest BCUT2D eigenvalue weighted by molar-refractivity contribution is 4.72. The first kappa shape index (κ1) is 13.6. The molecule has 0 aliphatic rings. The van der Waals surface area contributed by atoms with Crippen molar-refractivity contribution in [3.05, 3.63) is 0 Å². The SMILES string of the molecule is CC(N)CCCNCC(F)(F)C(F)F. The fourth-order valence-electron chi connectivity index (χ4n) is 0.881. The van der Waals surface area contributed by atoms with E-state index in [0.717, 1.165) is 0 Å². The largest absolute Gasteiger partial charge is 0.328 e. The minimum absolute atomic E-state index is 0.00686. The van der Waals surface area contributed by atoms with Crippen molar-refractivity contribution >= 4 is 0 Å². The molecule has 0 heterocycles. The minimum atomic E-state index is -3.94. The Morgan fingerprint density at radius 2 is 1.93 bits per heavy atom. The van der Waals surface area contributed by atoms with Gasteiger partial charge in [-0.05, 0) is 26.3 Å². The average molecular weight is 216 g/mol. The van der Waals surface area contributed by atoms with Crippen LogP contribution in [0.25, 0.3) is 0 Å². The van der Waals surface area contributed by atoms with Crippen LogP contribution in [0.15, 0.2) is 0 Å². The molecule has 2 nitrogen and oxygen atoms in total. The van der Waals surface area contributed by atoms with Crippen molar-refractivity contribution in [1.82, 2.24) is 5.32 Å². The van der Waals surface area contributed by atoms with Gasteiger partial charge in [-0.1, -0.05) is 0 Å². The van der Waals surface area contributed by atoms with Gasteiger partial charge in [-0.25, -0.2) is 8.78 Å². The van der Waals surface area contributed by atoms with Crippen molar-refractivity contribution in [1.29, 1.82) is 0 Å². The quantitative estimate of drug-likeness (QED) is 0.501. The fraction of sp³-hybridized carbons (Fsp3) is 1.00. The van der Waals surface area contributed by atoms with E-state index in [1.54, 1.807) is 6.92 Å². The molecule has 0 aromatic carbocycles. The van der Waals surface area contributed by atoms with E-state index in [1.165, 1.54) is 0 Å². The molecule has 1 atom stereocenters. The van der Waals surface area contributed by atoms with E-state index in [9.17, 15) is 17.6 Å². The fourth-order valence-corrected chi connectivity index (χ4v) is 0.881. The summed E-state index contributed by atoms with van der Waals surface area (Å²) in [5.41, 5.74) is 5.41. The van der Waals surface area contributed by atoms with E-state index in [0.29, 0.717) is 12.8 Å². The van der Waals surface area contributed by atoms with Crippen molar-refractivity contribution in [3.63, 3.8) is 0 Å². The molecule has 3 N–H and O–H groups in total. The van der Waals surface area contributed by atoms with Crippen molar-refractivity contribution in [2.75, 3.05) is 13.1 Å². The number of alkyl halides is 4. The van der Waals surface area contributed by atoms with Crippen molar-refractivity contribution in [3.8, 4) is 0 Å². The zero-order valence-corrected chi connectivity index (χ0v) is 8.07. The van der Waals surface area contributed by atoms with Crippen LogP contribution in [0.1, 0.15) is 19.8 Å². The highest BCUT2D eigenvalue weighted by Crippen LogP contribution is 2.21. The molecule has 0 saturated heterocycles. The molecule has 0 radical (unpaired) electrons. The number of nitrogens with two attached hydrogens (primary N) is 1. The molecule has 0 aliphatic carbocycles. The van der Waals surface area contributed by atoms with Crippen molar-refractivity contribution in [2.45, 2.75) is 38.2 Å². The van der Waals surface area contributed by atoms with Crippen LogP contribution in [0.4, 0.5) is 17.6 Å². The molecule has 0 amide bonds. The number of hydrogen-bond donors (Lipinski definition) is 2. The third-order valence-corrected chi connectivity index (χ3v) is 1.69. The van der Waals surface area contributed by atoms with Gasteiger partial charge in [0.2, 0.25) is 0 Å². The summed E-state index contributed by atoms with van der Waals surface area (Å²) < 4.78 is 47.9. The summed E-state index contributed by atoms with van der Waals surface area (Å²) in [4.78, 5) is 0. The zero-order chi connectivity index (χ0) is 11.2. The summed E-state index contributed by atoms with van der Waals surface area (Å²) in [7, 11) is 0. The lowest BCUT2D eigenvalue weighted by molar-refractivity contribution is -0.125. The van der Waals surface area contributed by atoms with Gasteiger partial charge in [0.15, 0.2) is 0 Å². The third-order valence-electron chi connectivity index (χ3n) is 1.69. The molecule has 0 fully saturated rings. The summed E-state index contributed by atoms with van der Waals surface area (Å²) in [6.45, 7) is 1.10. The van der Waals surface area contributed by atoms with Crippen LogP contribution in [-0.4, -0.2) is 31.5 Å². The normalized spacial score (nSPS) is 14.8. The van der Waals surface area contributed by atoms with E-state index >= 15 is 0 Å². The molecule has 0 saturated carbocycles. The molecule has 6 heteroatoms. The molecular weight excluding hydrogens is 200 g/mol.